The van der Waals surface area contributed by atoms with Gasteiger partial charge in [-0.1, -0.05) is 11.6 Å². The molecule has 1 heterocycles. The molecule has 0 unspecified atom stereocenters. The Labute approximate surface area is 149 Å². The Morgan fingerprint density at radius 1 is 1.16 bits per heavy atom. The number of nitro benzene ring substituents is 1. The zero-order valence-electron chi connectivity index (χ0n) is 13.3. The Bertz CT molecular complexity index is 789. The minimum atomic E-state index is -0.477. The Balaban J connectivity index is 1.76. The summed E-state index contributed by atoms with van der Waals surface area (Å²) in [6, 6.07) is 11.1. The van der Waals surface area contributed by atoms with Gasteiger partial charge in [0.05, 0.1) is 18.1 Å². The number of hydrogen-bond donors (Lipinski definition) is 1. The lowest BCUT2D eigenvalue weighted by atomic mass is 10.1. The highest BCUT2D eigenvalue weighted by molar-refractivity contribution is 6.31. The third-order valence-corrected chi connectivity index (χ3v) is 4.10. The van der Waals surface area contributed by atoms with Crippen molar-refractivity contribution < 1.29 is 14.5 Å². The summed E-state index contributed by atoms with van der Waals surface area (Å²) in [6.07, 6.45) is 0. The van der Waals surface area contributed by atoms with Crippen molar-refractivity contribution in [2.75, 3.05) is 31.6 Å². The van der Waals surface area contributed by atoms with E-state index in [1.165, 1.54) is 18.2 Å². The third-order valence-electron chi connectivity index (χ3n) is 3.86. The number of nitrogens with one attached hydrogen (secondary N) is 1. The Hall–Kier alpha value is -2.64. The predicted molar refractivity (Wildman–Crippen MR) is 94.6 cm³/mol. The Morgan fingerprint density at radius 3 is 2.48 bits per heavy atom. The highest BCUT2D eigenvalue weighted by atomic mass is 35.5. The minimum Gasteiger partial charge on any atom is -0.378 e. The molecule has 2 aromatic carbocycles. The molecule has 0 atom stereocenters. The summed E-state index contributed by atoms with van der Waals surface area (Å²) in [7, 11) is 0. The number of nitro groups is 1. The maximum atomic E-state index is 12.4. The third kappa shape index (κ3) is 4.07. The van der Waals surface area contributed by atoms with E-state index < -0.39 is 4.92 Å². The molecule has 2 aromatic rings. The summed E-state index contributed by atoms with van der Waals surface area (Å²) in [4.78, 5) is 24.8. The molecule has 0 aliphatic carbocycles. The molecule has 25 heavy (non-hydrogen) atoms. The Morgan fingerprint density at radius 2 is 1.84 bits per heavy atom. The van der Waals surface area contributed by atoms with E-state index in [0.717, 1.165) is 0 Å². The first-order valence-corrected chi connectivity index (χ1v) is 8.10. The second kappa shape index (κ2) is 7.50. The first-order chi connectivity index (χ1) is 12.0. The van der Waals surface area contributed by atoms with Gasteiger partial charge in [0.15, 0.2) is 0 Å². The number of amides is 1. The molecule has 1 aliphatic rings. The van der Waals surface area contributed by atoms with E-state index in [-0.39, 0.29) is 11.6 Å². The number of rotatable bonds is 4. The number of ether oxygens (including phenoxy) is 1. The van der Waals surface area contributed by atoms with E-state index in [2.05, 4.69) is 5.32 Å². The fraction of sp³-hybridized carbons (Fsp3) is 0.235. The summed E-state index contributed by atoms with van der Waals surface area (Å²) in [5, 5.41) is 14.5. The molecule has 1 N–H and O–H groups in total. The molecule has 1 aliphatic heterocycles. The van der Waals surface area contributed by atoms with E-state index in [9.17, 15) is 14.9 Å². The van der Waals surface area contributed by atoms with Gasteiger partial charge in [0.25, 0.3) is 11.6 Å². The molecule has 7 nitrogen and oxygen atoms in total. The zero-order valence-corrected chi connectivity index (χ0v) is 14.0. The van der Waals surface area contributed by atoms with Crippen LogP contribution in [0.1, 0.15) is 10.4 Å². The average Bonchev–Trinajstić information content (AvgIpc) is 2.62. The smallest absolute Gasteiger partial charge is 0.292 e. The lowest BCUT2D eigenvalue weighted by Crippen LogP contribution is -2.40. The molecule has 1 amide bonds. The van der Waals surface area contributed by atoms with Crippen molar-refractivity contribution in [2.45, 2.75) is 0 Å². The van der Waals surface area contributed by atoms with Crippen molar-refractivity contribution in [1.82, 2.24) is 4.90 Å². The first kappa shape index (κ1) is 17.2. The van der Waals surface area contributed by atoms with E-state index in [1.807, 2.05) is 0 Å². The summed E-state index contributed by atoms with van der Waals surface area (Å²) in [5.74, 6) is -0.0522. The number of halogens is 1. The van der Waals surface area contributed by atoms with Gasteiger partial charge in [0.2, 0.25) is 0 Å². The van der Waals surface area contributed by atoms with Gasteiger partial charge < -0.3 is 15.0 Å². The fourth-order valence-corrected chi connectivity index (χ4v) is 2.74. The highest BCUT2D eigenvalue weighted by Gasteiger charge is 2.19. The predicted octanol–water partition coefficient (Wildman–Crippen LogP) is 3.46. The van der Waals surface area contributed by atoms with Gasteiger partial charge in [-0.05, 0) is 36.4 Å². The van der Waals surface area contributed by atoms with Gasteiger partial charge >= 0.3 is 0 Å². The molecule has 130 valence electrons. The van der Waals surface area contributed by atoms with Crippen LogP contribution in [0.5, 0.6) is 0 Å². The van der Waals surface area contributed by atoms with Crippen molar-refractivity contribution in [1.29, 1.82) is 0 Å². The standard InChI is InChI=1S/C17H16ClN3O4/c18-13-3-6-16(21(23)24)15(11-13)19-14-4-1-12(2-5-14)17(22)20-7-9-25-10-8-20/h1-6,11,19H,7-10H2. The van der Waals surface area contributed by atoms with E-state index in [0.29, 0.717) is 48.3 Å². The molecule has 0 radical (unpaired) electrons. The molecule has 1 fully saturated rings. The molecule has 0 spiro atoms. The monoisotopic (exact) mass is 361 g/mol. The van der Waals surface area contributed by atoms with Crippen LogP contribution in [0.4, 0.5) is 17.1 Å². The van der Waals surface area contributed by atoms with Crippen molar-refractivity contribution in [3.05, 3.63) is 63.2 Å². The summed E-state index contributed by atoms with van der Waals surface area (Å²) < 4.78 is 5.24. The number of carbonyl (C=O) groups excluding carboxylic acids is 1. The second-order valence-corrected chi connectivity index (χ2v) is 5.96. The van der Waals surface area contributed by atoms with Gasteiger partial charge in [0.1, 0.15) is 5.69 Å². The van der Waals surface area contributed by atoms with Crippen LogP contribution >= 0.6 is 11.6 Å². The summed E-state index contributed by atoms with van der Waals surface area (Å²) in [5.41, 5.74) is 1.42. The average molecular weight is 362 g/mol. The van der Waals surface area contributed by atoms with Crippen LogP contribution < -0.4 is 5.32 Å². The topological polar surface area (TPSA) is 84.7 Å². The molecule has 0 bridgehead atoms. The molecule has 0 aromatic heterocycles. The maximum absolute atomic E-state index is 12.4. The van der Waals surface area contributed by atoms with Gasteiger partial charge in [-0.2, -0.15) is 0 Å². The normalized spacial score (nSPS) is 14.2. The van der Waals surface area contributed by atoms with Gasteiger partial charge in [-0.15, -0.1) is 0 Å². The van der Waals surface area contributed by atoms with Gasteiger partial charge in [-0.25, -0.2) is 0 Å². The molecule has 1 saturated heterocycles. The van der Waals surface area contributed by atoms with E-state index in [4.69, 9.17) is 16.3 Å². The van der Waals surface area contributed by atoms with Crippen LogP contribution in [0.2, 0.25) is 5.02 Å². The first-order valence-electron chi connectivity index (χ1n) is 7.72. The number of nitrogens with zero attached hydrogens (tertiary/aromatic N) is 2. The van der Waals surface area contributed by atoms with Crippen molar-refractivity contribution in [3.8, 4) is 0 Å². The van der Waals surface area contributed by atoms with Crippen LogP contribution in [0.25, 0.3) is 0 Å². The lowest BCUT2D eigenvalue weighted by Gasteiger charge is -2.26. The molecule has 0 saturated carbocycles. The van der Waals surface area contributed by atoms with Gasteiger partial charge in [-0.3, -0.25) is 14.9 Å². The highest BCUT2D eigenvalue weighted by Crippen LogP contribution is 2.30. The van der Waals surface area contributed by atoms with Gasteiger partial charge in [0, 0.05) is 35.4 Å². The quantitative estimate of drug-likeness (QED) is 0.665. The van der Waals surface area contributed by atoms with Crippen LogP contribution in [0.3, 0.4) is 0 Å². The minimum absolute atomic E-state index is 0.0522. The number of morpholine rings is 1. The SMILES string of the molecule is O=C(c1ccc(Nc2cc(Cl)ccc2[N+](=O)[O-])cc1)N1CCOCC1. The number of benzene rings is 2. The van der Waals surface area contributed by atoms with Crippen LogP contribution in [0, 0.1) is 10.1 Å². The number of carbonyl (C=O) groups is 1. The number of anilines is 2. The zero-order chi connectivity index (χ0) is 17.8. The van der Waals surface area contributed by atoms with Crippen LogP contribution in [-0.2, 0) is 4.74 Å². The summed E-state index contributed by atoms with van der Waals surface area (Å²) >= 11 is 5.92. The largest absolute Gasteiger partial charge is 0.378 e. The van der Waals surface area contributed by atoms with E-state index >= 15 is 0 Å². The van der Waals surface area contributed by atoms with Crippen molar-refractivity contribution in [2.24, 2.45) is 0 Å². The van der Waals surface area contributed by atoms with E-state index in [1.54, 1.807) is 29.2 Å². The van der Waals surface area contributed by atoms with Crippen molar-refractivity contribution in [3.63, 3.8) is 0 Å². The number of hydrogen-bond acceptors (Lipinski definition) is 5. The second-order valence-electron chi connectivity index (χ2n) is 5.53. The van der Waals surface area contributed by atoms with Crippen molar-refractivity contribution >= 4 is 34.6 Å². The molecule has 3 rings (SSSR count). The lowest BCUT2D eigenvalue weighted by molar-refractivity contribution is -0.383. The van der Waals surface area contributed by atoms with Crippen LogP contribution in [-0.4, -0.2) is 42.0 Å². The molecular weight excluding hydrogens is 346 g/mol. The molecule has 8 heteroatoms. The van der Waals surface area contributed by atoms with Crippen LogP contribution in [0.15, 0.2) is 42.5 Å². The Kier molecular flexibility index (Phi) is 5.16. The fourth-order valence-electron chi connectivity index (χ4n) is 2.57. The summed E-state index contributed by atoms with van der Waals surface area (Å²) in [6.45, 7) is 2.24. The maximum Gasteiger partial charge on any atom is 0.292 e. The molecular formula is C17H16ClN3O4.